The molecule has 0 atom stereocenters. The largest absolute Gasteiger partial charge is 0.494 e. The van der Waals surface area contributed by atoms with Crippen molar-refractivity contribution in [2.45, 2.75) is 31.8 Å². The first kappa shape index (κ1) is 25.9. The molecule has 4 rings (SSSR count). The molecule has 1 heterocycles. The molecule has 1 N–H and O–H groups in total. The summed E-state index contributed by atoms with van der Waals surface area (Å²) in [5.41, 5.74) is 1.76. The van der Waals surface area contributed by atoms with Crippen LogP contribution in [0.25, 0.3) is 16.6 Å². The fourth-order valence-corrected chi connectivity index (χ4v) is 4.75. The minimum atomic E-state index is -0.573. The summed E-state index contributed by atoms with van der Waals surface area (Å²) in [7, 11) is 0. The Morgan fingerprint density at radius 1 is 1.14 bits per heavy atom. The van der Waals surface area contributed by atoms with E-state index < -0.39 is 10.8 Å². The molecule has 0 spiro atoms. The van der Waals surface area contributed by atoms with Gasteiger partial charge < -0.3 is 10.1 Å². The van der Waals surface area contributed by atoms with Crippen molar-refractivity contribution < 1.29 is 14.5 Å². The van der Waals surface area contributed by atoms with Crippen LogP contribution in [0.15, 0.2) is 76.7 Å². The molecular weight excluding hydrogens is 492 g/mol. The summed E-state index contributed by atoms with van der Waals surface area (Å²) in [4.78, 5) is 42.1. The van der Waals surface area contributed by atoms with Crippen LogP contribution in [0.4, 0.5) is 11.4 Å². The lowest BCUT2D eigenvalue weighted by molar-refractivity contribution is -0.384. The van der Waals surface area contributed by atoms with E-state index in [4.69, 9.17) is 9.72 Å². The number of aromatic nitrogens is 2. The smallest absolute Gasteiger partial charge is 0.296 e. The van der Waals surface area contributed by atoms with Crippen molar-refractivity contribution in [3.63, 3.8) is 0 Å². The van der Waals surface area contributed by atoms with Gasteiger partial charge in [-0.3, -0.25) is 24.3 Å². The molecule has 10 heteroatoms. The predicted octanol–water partition coefficient (Wildman–Crippen LogP) is 5.55. The minimum Gasteiger partial charge on any atom is -0.494 e. The number of nitro groups is 1. The highest BCUT2D eigenvalue weighted by atomic mass is 32.2. The third-order valence-corrected chi connectivity index (χ3v) is 6.57. The third-order valence-electron chi connectivity index (χ3n) is 5.63. The first-order chi connectivity index (χ1) is 17.8. The maximum absolute atomic E-state index is 13.6. The SMILES string of the molecule is CCOc1ccc(NC(=O)CSc2nc3ccccc3c(=O)n2-c2ccccc2C(C)C)c([N+](=O)[O-])c1. The van der Waals surface area contributed by atoms with Gasteiger partial charge in [0.15, 0.2) is 5.16 Å². The molecule has 0 fully saturated rings. The van der Waals surface area contributed by atoms with Gasteiger partial charge in [0.25, 0.3) is 11.2 Å². The maximum atomic E-state index is 13.6. The second kappa shape index (κ2) is 11.3. The zero-order valence-electron chi connectivity index (χ0n) is 20.6. The quantitative estimate of drug-likeness (QED) is 0.134. The summed E-state index contributed by atoms with van der Waals surface area (Å²) in [5.74, 6) is -0.0898. The molecule has 190 valence electrons. The number of nitrogens with one attached hydrogen (secondary N) is 1. The Labute approximate surface area is 217 Å². The van der Waals surface area contributed by atoms with E-state index in [1.807, 2.05) is 38.1 Å². The fourth-order valence-electron chi connectivity index (χ4n) is 3.94. The van der Waals surface area contributed by atoms with Gasteiger partial charge in [0.05, 0.1) is 39.9 Å². The van der Waals surface area contributed by atoms with Crippen LogP contribution in [0.1, 0.15) is 32.3 Å². The maximum Gasteiger partial charge on any atom is 0.296 e. The van der Waals surface area contributed by atoms with Crippen molar-refractivity contribution in [3.8, 4) is 11.4 Å². The topological polar surface area (TPSA) is 116 Å². The number of fused-ring (bicyclic) bond motifs is 1. The highest BCUT2D eigenvalue weighted by Crippen LogP contribution is 2.30. The average molecular weight is 519 g/mol. The van der Waals surface area contributed by atoms with Gasteiger partial charge in [-0.05, 0) is 48.7 Å². The van der Waals surface area contributed by atoms with Crippen molar-refractivity contribution in [2.75, 3.05) is 17.7 Å². The number of anilines is 1. The molecule has 3 aromatic carbocycles. The normalized spacial score (nSPS) is 11.0. The zero-order chi connectivity index (χ0) is 26.5. The van der Waals surface area contributed by atoms with E-state index in [1.165, 1.54) is 16.7 Å². The van der Waals surface area contributed by atoms with Crippen molar-refractivity contribution in [2.24, 2.45) is 0 Å². The molecule has 1 aromatic heterocycles. The summed E-state index contributed by atoms with van der Waals surface area (Å²) in [6.07, 6.45) is 0. The Hall–Kier alpha value is -4.18. The van der Waals surface area contributed by atoms with Gasteiger partial charge in [0.2, 0.25) is 5.91 Å². The van der Waals surface area contributed by atoms with E-state index in [-0.39, 0.29) is 28.6 Å². The van der Waals surface area contributed by atoms with Crippen LogP contribution in [-0.4, -0.2) is 32.7 Å². The Bertz CT molecular complexity index is 1530. The number of ether oxygens (including phenoxy) is 1. The number of nitro benzene ring substituents is 1. The van der Waals surface area contributed by atoms with Crippen LogP contribution < -0.4 is 15.6 Å². The lowest BCUT2D eigenvalue weighted by atomic mass is 10.0. The molecule has 37 heavy (non-hydrogen) atoms. The second-order valence-electron chi connectivity index (χ2n) is 8.47. The van der Waals surface area contributed by atoms with Gasteiger partial charge in [-0.1, -0.05) is 55.9 Å². The van der Waals surface area contributed by atoms with Crippen LogP contribution in [0, 0.1) is 10.1 Å². The first-order valence-electron chi connectivity index (χ1n) is 11.7. The van der Waals surface area contributed by atoms with E-state index in [1.54, 1.807) is 37.3 Å². The number of amides is 1. The Balaban J connectivity index is 1.68. The molecule has 4 aromatic rings. The van der Waals surface area contributed by atoms with Gasteiger partial charge >= 0.3 is 0 Å². The minimum absolute atomic E-state index is 0.0630. The van der Waals surface area contributed by atoms with E-state index in [0.29, 0.717) is 34.1 Å². The molecule has 0 aliphatic heterocycles. The van der Waals surface area contributed by atoms with Crippen LogP contribution >= 0.6 is 11.8 Å². The van der Waals surface area contributed by atoms with Crippen LogP contribution in [0.5, 0.6) is 5.75 Å². The van der Waals surface area contributed by atoms with Gasteiger partial charge in [0.1, 0.15) is 11.4 Å². The van der Waals surface area contributed by atoms with E-state index >= 15 is 0 Å². The zero-order valence-corrected chi connectivity index (χ0v) is 21.5. The molecular formula is C27H26N4O5S. The summed E-state index contributed by atoms with van der Waals surface area (Å²) < 4.78 is 6.86. The monoisotopic (exact) mass is 518 g/mol. The van der Waals surface area contributed by atoms with Gasteiger partial charge in [-0.15, -0.1) is 0 Å². The molecule has 0 unspecified atom stereocenters. The summed E-state index contributed by atoms with van der Waals surface area (Å²) >= 11 is 1.09. The summed E-state index contributed by atoms with van der Waals surface area (Å²) in [6, 6.07) is 18.9. The number of nitrogens with zero attached hydrogens (tertiary/aromatic N) is 3. The standard InChI is InChI=1S/C27H26N4O5S/c1-4-36-18-13-14-22(24(15-18)31(34)35)28-25(32)16-37-27-29-21-11-7-5-10-20(21)26(33)30(27)23-12-8-6-9-19(23)17(2)3/h5-15,17H,4,16H2,1-3H3,(H,28,32). The Morgan fingerprint density at radius 2 is 1.86 bits per heavy atom. The molecule has 0 radical (unpaired) electrons. The van der Waals surface area contributed by atoms with Crippen molar-refractivity contribution >= 4 is 39.9 Å². The molecule has 0 saturated carbocycles. The average Bonchev–Trinajstić information content (AvgIpc) is 2.88. The molecule has 1 amide bonds. The number of hydrogen-bond acceptors (Lipinski definition) is 7. The van der Waals surface area contributed by atoms with Crippen molar-refractivity contribution in [1.82, 2.24) is 9.55 Å². The van der Waals surface area contributed by atoms with Crippen molar-refractivity contribution in [3.05, 3.63) is 92.8 Å². The van der Waals surface area contributed by atoms with E-state index in [0.717, 1.165) is 17.3 Å². The Kier molecular flexibility index (Phi) is 7.88. The number of carbonyl (C=O) groups is 1. The number of para-hydroxylation sites is 2. The van der Waals surface area contributed by atoms with Gasteiger partial charge in [0, 0.05) is 0 Å². The molecule has 9 nitrogen and oxygen atoms in total. The number of hydrogen-bond donors (Lipinski definition) is 1. The number of thioether (sulfide) groups is 1. The van der Waals surface area contributed by atoms with Crippen LogP contribution in [-0.2, 0) is 4.79 Å². The molecule has 0 aliphatic carbocycles. The fraction of sp³-hybridized carbons (Fsp3) is 0.222. The third kappa shape index (κ3) is 5.64. The van der Waals surface area contributed by atoms with E-state index in [9.17, 15) is 19.7 Å². The van der Waals surface area contributed by atoms with Crippen LogP contribution in [0.3, 0.4) is 0 Å². The highest BCUT2D eigenvalue weighted by molar-refractivity contribution is 7.99. The summed E-state index contributed by atoms with van der Waals surface area (Å²) in [5, 5.41) is 15.0. The predicted molar refractivity (Wildman–Crippen MR) is 145 cm³/mol. The van der Waals surface area contributed by atoms with Crippen LogP contribution in [0.2, 0.25) is 0 Å². The molecule has 0 saturated heterocycles. The molecule has 0 aliphatic rings. The number of benzene rings is 3. The van der Waals surface area contributed by atoms with Gasteiger partial charge in [-0.25, -0.2) is 4.98 Å². The number of carbonyl (C=O) groups excluding carboxylic acids is 1. The molecule has 0 bridgehead atoms. The first-order valence-corrected chi connectivity index (χ1v) is 12.7. The Morgan fingerprint density at radius 3 is 2.59 bits per heavy atom. The number of rotatable bonds is 9. The highest BCUT2D eigenvalue weighted by Gasteiger charge is 2.20. The second-order valence-corrected chi connectivity index (χ2v) is 9.41. The summed E-state index contributed by atoms with van der Waals surface area (Å²) in [6.45, 7) is 6.23. The lowest BCUT2D eigenvalue weighted by Gasteiger charge is -2.18. The van der Waals surface area contributed by atoms with Gasteiger partial charge in [-0.2, -0.15) is 0 Å². The lowest BCUT2D eigenvalue weighted by Crippen LogP contribution is -2.24. The van der Waals surface area contributed by atoms with Crippen molar-refractivity contribution in [1.29, 1.82) is 0 Å². The van der Waals surface area contributed by atoms with E-state index in [2.05, 4.69) is 5.32 Å².